The first-order chi connectivity index (χ1) is 7.84. The fraction of sp³-hybridized carbons (Fsp3) is 0.417. The molecule has 3 nitrogen and oxygen atoms in total. The van der Waals surface area contributed by atoms with Crippen LogP contribution in [0.15, 0.2) is 18.2 Å². The average Bonchev–Trinajstić information content (AvgIpc) is 2.22. The third-order valence-corrected chi connectivity index (χ3v) is 2.70. The minimum atomic E-state index is -0.978. The summed E-state index contributed by atoms with van der Waals surface area (Å²) >= 11 is 0. The standard InChI is InChI=1S/C12H15F2NO2/c1-7(12(16)17)11(15(2)3)8-4-5-9(13)10(14)6-8/h4-7,11H,1-3H3,(H,16,17). The molecule has 0 aliphatic carbocycles. The van der Waals surface area contributed by atoms with Crippen molar-refractivity contribution in [3.05, 3.63) is 35.4 Å². The molecule has 0 radical (unpaired) electrons. The summed E-state index contributed by atoms with van der Waals surface area (Å²) in [4.78, 5) is 12.6. The fourth-order valence-corrected chi connectivity index (χ4v) is 1.87. The van der Waals surface area contributed by atoms with Crippen LogP contribution in [0.2, 0.25) is 0 Å². The Morgan fingerprint density at radius 1 is 1.29 bits per heavy atom. The average molecular weight is 243 g/mol. The van der Waals surface area contributed by atoms with Crippen molar-refractivity contribution in [2.75, 3.05) is 14.1 Å². The van der Waals surface area contributed by atoms with Crippen molar-refractivity contribution in [2.24, 2.45) is 5.92 Å². The number of nitrogens with zero attached hydrogens (tertiary/aromatic N) is 1. The first-order valence-electron chi connectivity index (χ1n) is 5.18. The summed E-state index contributed by atoms with van der Waals surface area (Å²) in [6.45, 7) is 1.54. The summed E-state index contributed by atoms with van der Waals surface area (Å²) in [7, 11) is 3.40. The van der Waals surface area contributed by atoms with Crippen LogP contribution in [0.4, 0.5) is 8.78 Å². The number of hydrogen-bond acceptors (Lipinski definition) is 2. The topological polar surface area (TPSA) is 40.5 Å². The van der Waals surface area contributed by atoms with Crippen molar-refractivity contribution < 1.29 is 18.7 Å². The van der Waals surface area contributed by atoms with Gasteiger partial charge >= 0.3 is 5.97 Å². The van der Waals surface area contributed by atoms with E-state index in [1.807, 2.05) is 0 Å². The van der Waals surface area contributed by atoms with Gasteiger partial charge in [0, 0.05) is 6.04 Å². The highest BCUT2D eigenvalue weighted by Gasteiger charge is 2.27. The number of aliphatic carboxylic acids is 1. The van der Waals surface area contributed by atoms with Crippen molar-refractivity contribution in [3.63, 3.8) is 0 Å². The smallest absolute Gasteiger partial charge is 0.308 e. The second-order valence-corrected chi connectivity index (χ2v) is 4.21. The van der Waals surface area contributed by atoms with E-state index >= 15 is 0 Å². The summed E-state index contributed by atoms with van der Waals surface area (Å²) in [5, 5.41) is 8.99. The Labute approximate surface area is 98.7 Å². The second-order valence-electron chi connectivity index (χ2n) is 4.21. The predicted molar refractivity (Wildman–Crippen MR) is 59.6 cm³/mol. The molecule has 0 aliphatic heterocycles. The highest BCUT2D eigenvalue weighted by atomic mass is 19.2. The molecule has 0 aromatic heterocycles. The zero-order valence-corrected chi connectivity index (χ0v) is 9.95. The molecule has 0 spiro atoms. The third kappa shape index (κ3) is 3.00. The Morgan fingerprint density at radius 3 is 2.29 bits per heavy atom. The molecule has 1 rings (SSSR count). The normalized spacial score (nSPS) is 14.7. The van der Waals surface area contributed by atoms with Crippen LogP contribution in [-0.2, 0) is 4.79 Å². The maximum absolute atomic E-state index is 13.1. The number of benzene rings is 1. The van der Waals surface area contributed by atoms with E-state index in [0.29, 0.717) is 5.56 Å². The lowest BCUT2D eigenvalue weighted by atomic mass is 9.93. The van der Waals surface area contributed by atoms with Gasteiger partial charge in [-0.3, -0.25) is 4.79 Å². The van der Waals surface area contributed by atoms with E-state index in [4.69, 9.17) is 5.11 Å². The maximum Gasteiger partial charge on any atom is 0.308 e. The molecule has 0 saturated carbocycles. The number of rotatable bonds is 4. The van der Waals surface area contributed by atoms with Crippen molar-refractivity contribution in [2.45, 2.75) is 13.0 Å². The van der Waals surface area contributed by atoms with Crippen molar-refractivity contribution in [3.8, 4) is 0 Å². The lowest BCUT2D eigenvalue weighted by Crippen LogP contribution is -2.30. The number of hydrogen-bond donors (Lipinski definition) is 1. The second kappa shape index (κ2) is 5.23. The largest absolute Gasteiger partial charge is 0.481 e. The van der Waals surface area contributed by atoms with Gasteiger partial charge < -0.3 is 10.0 Å². The third-order valence-electron chi connectivity index (χ3n) is 2.70. The summed E-state index contributed by atoms with van der Waals surface area (Å²) in [5.74, 6) is -3.59. The molecule has 17 heavy (non-hydrogen) atoms. The lowest BCUT2D eigenvalue weighted by molar-refractivity contribution is -0.143. The van der Waals surface area contributed by atoms with Gasteiger partial charge in [-0.25, -0.2) is 8.78 Å². The molecule has 2 unspecified atom stereocenters. The molecule has 1 aromatic rings. The van der Waals surface area contributed by atoms with E-state index in [2.05, 4.69) is 0 Å². The van der Waals surface area contributed by atoms with Gasteiger partial charge in [-0.2, -0.15) is 0 Å². The van der Waals surface area contributed by atoms with Crippen molar-refractivity contribution in [1.29, 1.82) is 0 Å². The van der Waals surface area contributed by atoms with Crippen LogP contribution in [-0.4, -0.2) is 30.1 Å². The number of carboxylic acids is 1. The zero-order valence-electron chi connectivity index (χ0n) is 9.95. The van der Waals surface area contributed by atoms with Crippen LogP contribution in [0.5, 0.6) is 0 Å². The van der Waals surface area contributed by atoms with E-state index in [0.717, 1.165) is 12.1 Å². The van der Waals surface area contributed by atoms with Gasteiger partial charge in [0.1, 0.15) is 0 Å². The molecule has 0 bridgehead atoms. The van der Waals surface area contributed by atoms with Crippen molar-refractivity contribution >= 4 is 5.97 Å². The Bertz CT molecular complexity index is 421. The molecule has 0 saturated heterocycles. The zero-order chi connectivity index (χ0) is 13.2. The first kappa shape index (κ1) is 13.6. The van der Waals surface area contributed by atoms with Gasteiger partial charge in [-0.1, -0.05) is 13.0 Å². The summed E-state index contributed by atoms with van der Waals surface area (Å²) in [6.07, 6.45) is 0. The summed E-state index contributed by atoms with van der Waals surface area (Å²) < 4.78 is 25.9. The van der Waals surface area contributed by atoms with Crippen molar-refractivity contribution in [1.82, 2.24) is 4.90 Å². The van der Waals surface area contributed by atoms with Crippen LogP contribution in [0, 0.1) is 17.6 Å². The van der Waals surface area contributed by atoms with Crippen LogP contribution >= 0.6 is 0 Å². The summed E-state index contributed by atoms with van der Waals surface area (Å²) in [6, 6.07) is 2.96. The fourth-order valence-electron chi connectivity index (χ4n) is 1.87. The Hall–Kier alpha value is -1.49. The molecular formula is C12H15F2NO2. The molecule has 0 aliphatic rings. The van der Waals surface area contributed by atoms with E-state index in [1.165, 1.54) is 13.0 Å². The molecular weight excluding hydrogens is 228 g/mol. The molecule has 1 aromatic carbocycles. The molecule has 0 fully saturated rings. The van der Waals surface area contributed by atoms with Gasteiger partial charge in [-0.05, 0) is 31.8 Å². The Kier molecular flexibility index (Phi) is 4.17. The maximum atomic E-state index is 13.1. The van der Waals surface area contributed by atoms with Crippen LogP contribution in [0.3, 0.4) is 0 Å². The van der Waals surface area contributed by atoms with Gasteiger partial charge in [0.05, 0.1) is 5.92 Å². The summed E-state index contributed by atoms with van der Waals surface area (Å²) in [5.41, 5.74) is 0.448. The monoisotopic (exact) mass is 243 g/mol. The first-order valence-corrected chi connectivity index (χ1v) is 5.18. The SMILES string of the molecule is CC(C(=O)O)C(c1ccc(F)c(F)c1)N(C)C. The Morgan fingerprint density at radius 2 is 1.88 bits per heavy atom. The number of carboxylic acid groups (broad SMARTS) is 1. The van der Waals surface area contributed by atoms with E-state index < -0.39 is 29.6 Å². The number of carbonyl (C=O) groups is 1. The molecule has 94 valence electrons. The minimum absolute atomic E-state index is 0.448. The minimum Gasteiger partial charge on any atom is -0.481 e. The Balaban J connectivity index is 3.14. The van der Waals surface area contributed by atoms with Crippen LogP contribution in [0.1, 0.15) is 18.5 Å². The predicted octanol–water partition coefficient (Wildman–Crippen LogP) is 2.29. The van der Waals surface area contributed by atoms with Gasteiger partial charge in [-0.15, -0.1) is 0 Å². The van der Waals surface area contributed by atoms with Gasteiger partial charge in [0.15, 0.2) is 11.6 Å². The van der Waals surface area contributed by atoms with Gasteiger partial charge in [0.25, 0.3) is 0 Å². The van der Waals surface area contributed by atoms with E-state index in [-0.39, 0.29) is 0 Å². The van der Waals surface area contributed by atoms with Crippen LogP contribution < -0.4 is 0 Å². The van der Waals surface area contributed by atoms with E-state index in [1.54, 1.807) is 19.0 Å². The highest BCUT2D eigenvalue weighted by molar-refractivity contribution is 5.70. The van der Waals surface area contributed by atoms with E-state index in [9.17, 15) is 13.6 Å². The molecule has 2 atom stereocenters. The molecule has 1 N–H and O–H groups in total. The van der Waals surface area contributed by atoms with Gasteiger partial charge in [0.2, 0.25) is 0 Å². The molecule has 0 heterocycles. The quantitative estimate of drug-likeness (QED) is 0.882. The van der Waals surface area contributed by atoms with Crippen LogP contribution in [0.25, 0.3) is 0 Å². The number of halogens is 2. The molecule has 0 amide bonds. The molecule has 5 heteroatoms. The highest BCUT2D eigenvalue weighted by Crippen LogP contribution is 2.27. The lowest BCUT2D eigenvalue weighted by Gasteiger charge is -2.28.